The van der Waals surface area contributed by atoms with E-state index in [4.69, 9.17) is 4.74 Å². The van der Waals surface area contributed by atoms with Crippen LogP contribution in [-0.2, 0) is 26.2 Å². The summed E-state index contributed by atoms with van der Waals surface area (Å²) in [5.41, 5.74) is 0.748. The average Bonchev–Trinajstić information content (AvgIpc) is 2.85. The van der Waals surface area contributed by atoms with Gasteiger partial charge in [-0.1, -0.05) is 6.07 Å². The SMILES string of the molecule is COc1ccc(S(=O)(=O)NCC2CCC(C(=O)NCC(=O)NCc3ccccn3)CC2)cc1. The second kappa shape index (κ2) is 11.8. The van der Waals surface area contributed by atoms with Crippen LogP contribution in [0.1, 0.15) is 31.4 Å². The Morgan fingerprint density at radius 3 is 2.39 bits per heavy atom. The lowest BCUT2D eigenvalue weighted by Crippen LogP contribution is -2.41. The van der Waals surface area contributed by atoms with Gasteiger partial charge in [0.25, 0.3) is 0 Å². The molecule has 1 aromatic heterocycles. The number of hydrogen-bond donors (Lipinski definition) is 3. The molecule has 1 heterocycles. The number of sulfonamides is 1. The lowest BCUT2D eigenvalue weighted by atomic mass is 9.81. The summed E-state index contributed by atoms with van der Waals surface area (Å²) in [6.07, 6.45) is 4.47. The number of carbonyl (C=O) groups is 2. The molecule has 0 radical (unpaired) electrons. The maximum absolute atomic E-state index is 12.5. The summed E-state index contributed by atoms with van der Waals surface area (Å²) in [6, 6.07) is 11.7. The van der Waals surface area contributed by atoms with E-state index in [-0.39, 0.29) is 35.1 Å². The number of carbonyl (C=O) groups excluding carboxylic acids is 2. The smallest absolute Gasteiger partial charge is 0.240 e. The Labute approximate surface area is 194 Å². The van der Waals surface area contributed by atoms with Crippen LogP contribution in [0.5, 0.6) is 5.75 Å². The minimum atomic E-state index is -3.59. The standard InChI is InChI=1S/C23H30N4O5S/c1-32-20-9-11-21(12-10-20)33(30,31)27-14-17-5-7-18(8-6-17)23(29)26-16-22(28)25-15-19-4-2-3-13-24-19/h2-4,9-13,17-18,27H,5-8,14-16H2,1H3,(H,25,28)(H,26,29). The molecule has 0 saturated heterocycles. The van der Waals surface area contributed by atoms with Crippen molar-refractivity contribution in [3.8, 4) is 5.75 Å². The van der Waals surface area contributed by atoms with E-state index >= 15 is 0 Å². The highest BCUT2D eigenvalue weighted by Gasteiger charge is 2.27. The molecule has 2 amide bonds. The van der Waals surface area contributed by atoms with Crippen molar-refractivity contribution in [1.82, 2.24) is 20.3 Å². The molecular weight excluding hydrogens is 444 g/mol. The van der Waals surface area contributed by atoms with Crippen LogP contribution in [0.3, 0.4) is 0 Å². The van der Waals surface area contributed by atoms with E-state index in [0.29, 0.717) is 31.7 Å². The highest BCUT2D eigenvalue weighted by Crippen LogP contribution is 2.29. The molecule has 1 aromatic carbocycles. The maximum Gasteiger partial charge on any atom is 0.240 e. The lowest BCUT2D eigenvalue weighted by molar-refractivity contribution is -0.129. The molecule has 2 aromatic rings. The number of rotatable bonds is 10. The number of aromatic nitrogens is 1. The van der Waals surface area contributed by atoms with Crippen LogP contribution in [0, 0.1) is 11.8 Å². The zero-order valence-corrected chi connectivity index (χ0v) is 19.4. The van der Waals surface area contributed by atoms with Gasteiger partial charge in [-0.3, -0.25) is 14.6 Å². The highest BCUT2D eigenvalue weighted by molar-refractivity contribution is 7.89. The van der Waals surface area contributed by atoms with E-state index in [1.807, 2.05) is 12.1 Å². The number of methoxy groups -OCH3 is 1. The first-order chi connectivity index (χ1) is 15.9. The number of pyridine rings is 1. The molecule has 1 aliphatic rings. The molecule has 178 valence electrons. The number of ether oxygens (including phenoxy) is 1. The van der Waals surface area contributed by atoms with Crippen molar-refractivity contribution in [3.05, 3.63) is 54.4 Å². The first kappa shape index (κ1) is 24.7. The Morgan fingerprint density at radius 1 is 1.03 bits per heavy atom. The summed E-state index contributed by atoms with van der Waals surface area (Å²) in [4.78, 5) is 28.7. The molecule has 1 saturated carbocycles. The zero-order chi connectivity index (χ0) is 23.7. The van der Waals surface area contributed by atoms with Gasteiger partial charge < -0.3 is 15.4 Å². The van der Waals surface area contributed by atoms with E-state index in [1.54, 1.807) is 24.4 Å². The third-order valence-electron chi connectivity index (χ3n) is 5.77. The van der Waals surface area contributed by atoms with E-state index < -0.39 is 10.0 Å². The van der Waals surface area contributed by atoms with Crippen LogP contribution < -0.4 is 20.1 Å². The summed E-state index contributed by atoms with van der Waals surface area (Å²) in [5.74, 6) is 0.193. The zero-order valence-electron chi connectivity index (χ0n) is 18.6. The van der Waals surface area contributed by atoms with Crippen molar-refractivity contribution in [3.63, 3.8) is 0 Å². The van der Waals surface area contributed by atoms with Gasteiger partial charge in [0, 0.05) is 18.7 Å². The molecule has 3 N–H and O–H groups in total. The summed E-state index contributed by atoms with van der Waals surface area (Å²) in [6.45, 7) is 0.568. The van der Waals surface area contributed by atoms with Gasteiger partial charge in [-0.25, -0.2) is 13.1 Å². The predicted octanol–water partition coefficient (Wildman–Crippen LogP) is 1.61. The van der Waals surface area contributed by atoms with Gasteiger partial charge in [0.2, 0.25) is 21.8 Å². The van der Waals surface area contributed by atoms with E-state index in [2.05, 4.69) is 20.3 Å². The van der Waals surface area contributed by atoms with Crippen molar-refractivity contribution >= 4 is 21.8 Å². The monoisotopic (exact) mass is 474 g/mol. The minimum Gasteiger partial charge on any atom is -0.497 e. The van der Waals surface area contributed by atoms with Gasteiger partial charge in [0.1, 0.15) is 5.75 Å². The number of amides is 2. The third-order valence-corrected chi connectivity index (χ3v) is 7.20. The summed E-state index contributed by atoms with van der Waals surface area (Å²) in [5, 5.41) is 5.42. The fourth-order valence-electron chi connectivity index (χ4n) is 3.76. The Balaban J connectivity index is 1.35. The number of nitrogens with one attached hydrogen (secondary N) is 3. The van der Waals surface area contributed by atoms with Crippen LogP contribution in [0.2, 0.25) is 0 Å². The summed E-state index contributed by atoms with van der Waals surface area (Å²) < 4.78 is 32.7. The van der Waals surface area contributed by atoms with E-state index in [0.717, 1.165) is 18.5 Å². The number of hydrogen-bond acceptors (Lipinski definition) is 6. The Bertz CT molecular complexity index is 1020. The van der Waals surface area contributed by atoms with Gasteiger partial charge in [-0.15, -0.1) is 0 Å². The van der Waals surface area contributed by atoms with Crippen LogP contribution in [0.15, 0.2) is 53.6 Å². The van der Waals surface area contributed by atoms with Crippen molar-refractivity contribution < 1.29 is 22.7 Å². The molecule has 0 bridgehead atoms. The molecular formula is C23H30N4O5S. The quantitative estimate of drug-likeness (QED) is 0.480. The minimum absolute atomic E-state index is 0.0761. The van der Waals surface area contributed by atoms with Crippen LogP contribution in [0.4, 0.5) is 0 Å². The van der Waals surface area contributed by atoms with Gasteiger partial charge >= 0.3 is 0 Å². The fourth-order valence-corrected chi connectivity index (χ4v) is 4.88. The topological polar surface area (TPSA) is 126 Å². The molecule has 9 nitrogen and oxygen atoms in total. The Hall–Kier alpha value is -2.98. The first-order valence-electron chi connectivity index (χ1n) is 11.0. The van der Waals surface area contributed by atoms with Crippen LogP contribution in [0.25, 0.3) is 0 Å². The molecule has 3 rings (SSSR count). The Morgan fingerprint density at radius 2 is 1.76 bits per heavy atom. The number of nitrogens with zero attached hydrogens (tertiary/aromatic N) is 1. The molecule has 0 aliphatic heterocycles. The lowest BCUT2D eigenvalue weighted by Gasteiger charge is -2.27. The maximum atomic E-state index is 12.5. The molecule has 10 heteroatoms. The summed E-state index contributed by atoms with van der Waals surface area (Å²) in [7, 11) is -2.07. The van der Waals surface area contributed by atoms with E-state index in [1.165, 1.54) is 19.2 Å². The fraction of sp³-hybridized carbons (Fsp3) is 0.435. The molecule has 0 spiro atoms. The van der Waals surface area contributed by atoms with Crippen molar-refractivity contribution in [2.45, 2.75) is 37.1 Å². The second-order valence-electron chi connectivity index (χ2n) is 8.06. The largest absolute Gasteiger partial charge is 0.497 e. The van der Waals surface area contributed by atoms with Gasteiger partial charge in [-0.05, 0) is 68.0 Å². The molecule has 1 fully saturated rings. The van der Waals surface area contributed by atoms with Gasteiger partial charge in [0.15, 0.2) is 0 Å². The molecule has 0 atom stereocenters. The van der Waals surface area contributed by atoms with Gasteiger partial charge in [0.05, 0.1) is 30.8 Å². The second-order valence-corrected chi connectivity index (χ2v) is 9.83. The van der Waals surface area contributed by atoms with Crippen molar-refractivity contribution in [2.24, 2.45) is 11.8 Å². The Kier molecular flexibility index (Phi) is 8.79. The third kappa shape index (κ3) is 7.54. The van der Waals surface area contributed by atoms with Crippen LogP contribution in [-0.4, -0.2) is 45.4 Å². The van der Waals surface area contributed by atoms with Crippen molar-refractivity contribution in [1.29, 1.82) is 0 Å². The number of benzene rings is 1. The van der Waals surface area contributed by atoms with Gasteiger partial charge in [-0.2, -0.15) is 0 Å². The average molecular weight is 475 g/mol. The highest BCUT2D eigenvalue weighted by atomic mass is 32.2. The predicted molar refractivity (Wildman–Crippen MR) is 123 cm³/mol. The molecule has 1 aliphatic carbocycles. The normalized spacial score (nSPS) is 18.3. The van der Waals surface area contributed by atoms with Crippen molar-refractivity contribution in [2.75, 3.05) is 20.2 Å². The first-order valence-corrected chi connectivity index (χ1v) is 12.4. The summed E-state index contributed by atoms with van der Waals surface area (Å²) >= 11 is 0. The molecule has 0 unspecified atom stereocenters. The van der Waals surface area contributed by atoms with Crippen LogP contribution >= 0.6 is 0 Å². The molecule has 33 heavy (non-hydrogen) atoms. The van der Waals surface area contributed by atoms with E-state index in [9.17, 15) is 18.0 Å².